The molecule has 192 valence electrons. The number of para-hydroxylation sites is 1. The van der Waals surface area contributed by atoms with E-state index in [9.17, 15) is 14.4 Å². The molecule has 0 saturated heterocycles. The Morgan fingerprint density at radius 3 is 2.57 bits per heavy atom. The minimum atomic E-state index is -0.322. The fourth-order valence-electron chi connectivity index (χ4n) is 3.98. The highest BCUT2D eigenvalue weighted by molar-refractivity contribution is 6.35. The molecular weight excluding hydrogens is 517 g/mol. The van der Waals surface area contributed by atoms with Crippen molar-refractivity contribution >= 4 is 69.8 Å². The van der Waals surface area contributed by atoms with Crippen LogP contribution in [0, 0.1) is 0 Å². The normalized spacial score (nSPS) is 13.1. The van der Waals surface area contributed by atoms with E-state index in [-0.39, 0.29) is 41.1 Å². The third kappa shape index (κ3) is 5.60. The van der Waals surface area contributed by atoms with Gasteiger partial charge in [0.1, 0.15) is 11.6 Å². The molecule has 2 aromatic carbocycles. The molecule has 2 heterocycles. The predicted octanol–water partition coefficient (Wildman–Crippen LogP) is 4.35. The van der Waals surface area contributed by atoms with Crippen LogP contribution in [0.4, 0.5) is 28.8 Å². The summed E-state index contributed by atoms with van der Waals surface area (Å²) in [5.74, 6) is -0.165. The van der Waals surface area contributed by atoms with Crippen LogP contribution in [0.25, 0.3) is 0 Å². The van der Waals surface area contributed by atoms with E-state index in [1.807, 2.05) is 25.1 Å². The van der Waals surface area contributed by atoms with Crippen molar-refractivity contribution in [2.24, 2.45) is 0 Å². The standard InChI is InChI=1S/C25H25Cl2N7O3/c1-4-34-20-10-16(9-8-15(20)12-33(14(2)35)13-21(34)36)30-25-29-11-19(27)23(32-25)31-22-17(24(37)28-3)6-5-7-18(22)26/h5-11H,4,12-13H2,1-3H3,(H,28,37)(H2,29,30,31,32). The molecule has 0 aliphatic carbocycles. The maximum atomic E-state index is 12.8. The maximum absolute atomic E-state index is 12.8. The molecule has 1 aliphatic rings. The third-order valence-electron chi connectivity index (χ3n) is 5.85. The first-order valence-corrected chi connectivity index (χ1v) is 12.2. The molecule has 3 aromatic rings. The summed E-state index contributed by atoms with van der Waals surface area (Å²) in [5.41, 5.74) is 2.88. The molecule has 4 rings (SSSR count). The van der Waals surface area contributed by atoms with Crippen LogP contribution >= 0.6 is 23.2 Å². The van der Waals surface area contributed by atoms with Crippen LogP contribution in [0.2, 0.25) is 10.0 Å². The zero-order chi connectivity index (χ0) is 26.7. The molecule has 0 saturated carbocycles. The van der Waals surface area contributed by atoms with E-state index in [2.05, 4.69) is 25.9 Å². The minimum Gasteiger partial charge on any atom is -0.355 e. The smallest absolute Gasteiger partial charge is 0.253 e. The van der Waals surface area contributed by atoms with E-state index in [4.69, 9.17) is 23.2 Å². The summed E-state index contributed by atoms with van der Waals surface area (Å²) >= 11 is 12.7. The molecule has 0 radical (unpaired) electrons. The molecule has 12 heteroatoms. The Hall–Kier alpha value is -3.89. The summed E-state index contributed by atoms with van der Waals surface area (Å²) in [6.07, 6.45) is 1.42. The second kappa shape index (κ2) is 11.0. The zero-order valence-electron chi connectivity index (χ0n) is 20.4. The molecule has 10 nitrogen and oxygen atoms in total. The number of fused-ring (bicyclic) bond motifs is 1. The number of rotatable bonds is 6. The number of halogens is 2. The van der Waals surface area contributed by atoms with Crippen molar-refractivity contribution in [2.75, 3.05) is 35.7 Å². The number of hydrogen-bond donors (Lipinski definition) is 3. The topological polar surface area (TPSA) is 120 Å². The van der Waals surface area contributed by atoms with Gasteiger partial charge in [0.2, 0.25) is 17.8 Å². The van der Waals surface area contributed by atoms with Gasteiger partial charge in [0.15, 0.2) is 5.82 Å². The number of nitrogens with zero attached hydrogens (tertiary/aromatic N) is 4. The van der Waals surface area contributed by atoms with E-state index >= 15 is 0 Å². The number of anilines is 5. The summed E-state index contributed by atoms with van der Waals surface area (Å²) < 4.78 is 0. The van der Waals surface area contributed by atoms with Crippen LogP contribution in [0.15, 0.2) is 42.6 Å². The van der Waals surface area contributed by atoms with Crippen molar-refractivity contribution < 1.29 is 14.4 Å². The molecule has 0 spiro atoms. The fourth-order valence-corrected chi connectivity index (χ4v) is 4.34. The number of carbonyl (C=O) groups is 3. The quantitative estimate of drug-likeness (QED) is 0.424. The van der Waals surface area contributed by atoms with Crippen molar-refractivity contribution in [1.82, 2.24) is 20.2 Å². The van der Waals surface area contributed by atoms with Crippen LogP contribution < -0.4 is 20.9 Å². The van der Waals surface area contributed by atoms with Crippen molar-refractivity contribution in [1.29, 1.82) is 0 Å². The monoisotopic (exact) mass is 541 g/mol. The summed E-state index contributed by atoms with van der Waals surface area (Å²) in [7, 11) is 1.53. The molecule has 0 atom stereocenters. The second-order valence-electron chi connectivity index (χ2n) is 8.24. The molecule has 0 bridgehead atoms. The lowest BCUT2D eigenvalue weighted by atomic mass is 10.1. The maximum Gasteiger partial charge on any atom is 0.253 e. The van der Waals surface area contributed by atoms with Crippen LogP contribution in [0.3, 0.4) is 0 Å². The Balaban J connectivity index is 1.64. The van der Waals surface area contributed by atoms with Gasteiger partial charge in [-0.15, -0.1) is 0 Å². The molecular formula is C25H25Cl2N7O3. The first-order valence-electron chi connectivity index (χ1n) is 11.5. The largest absolute Gasteiger partial charge is 0.355 e. The zero-order valence-corrected chi connectivity index (χ0v) is 21.9. The highest BCUT2D eigenvalue weighted by atomic mass is 35.5. The Morgan fingerprint density at radius 1 is 1.08 bits per heavy atom. The Morgan fingerprint density at radius 2 is 1.86 bits per heavy atom. The van der Waals surface area contributed by atoms with Gasteiger partial charge in [0.25, 0.3) is 5.91 Å². The lowest BCUT2D eigenvalue weighted by Gasteiger charge is -2.21. The van der Waals surface area contributed by atoms with Gasteiger partial charge in [-0.2, -0.15) is 4.98 Å². The van der Waals surface area contributed by atoms with Crippen LogP contribution in [-0.4, -0.2) is 52.7 Å². The average Bonchev–Trinajstić information content (AvgIpc) is 3.01. The molecule has 0 unspecified atom stereocenters. The van der Waals surface area contributed by atoms with Gasteiger partial charge in [-0.05, 0) is 36.8 Å². The predicted molar refractivity (Wildman–Crippen MR) is 144 cm³/mol. The van der Waals surface area contributed by atoms with Gasteiger partial charge in [0, 0.05) is 32.7 Å². The van der Waals surface area contributed by atoms with Crippen LogP contribution in [0.5, 0.6) is 0 Å². The summed E-state index contributed by atoms with van der Waals surface area (Å²) in [4.78, 5) is 49.0. The van der Waals surface area contributed by atoms with Crippen molar-refractivity contribution in [2.45, 2.75) is 20.4 Å². The van der Waals surface area contributed by atoms with Gasteiger partial charge in [-0.3, -0.25) is 14.4 Å². The van der Waals surface area contributed by atoms with E-state index in [1.54, 1.807) is 23.1 Å². The molecule has 0 fully saturated rings. The molecule has 37 heavy (non-hydrogen) atoms. The molecule has 3 N–H and O–H groups in total. The Labute approximate surface area is 224 Å². The summed E-state index contributed by atoms with van der Waals surface area (Å²) in [6.45, 7) is 4.15. The highest BCUT2D eigenvalue weighted by Gasteiger charge is 2.27. The summed E-state index contributed by atoms with van der Waals surface area (Å²) in [5, 5.41) is 9.29. The van der Waals surface area contributed by atoms with Gasteiger partial charge < -0.3 is 25.8 Å². The first-order chi connectivity index (χ1) is 17.7. The van der Waals surface area contributed by atoms with Gasteiger partial charge in [-0.1, -0.05) is 35.3 Å². The Kier molecular flexibility index (Phi) is 7.80. The lowest BCUT2D eigenvalue weighted by molar-refractivity contribution is -0.133. The van der Waals surface area contributed by atoms with E-state index in [0.29, 0.717) is 40.7 Å². The van der Waals surface area contributed by atoms with Crippen LogP contribution in [0.1, 0.15) is 29.8 Å². The number of aromatic nitrogens is 2. The van der Waals surface area contributed by atoms with Crippen LogP contribution in [-0.2, 0) is 16.1 Å². The number of carbonyl (C=O) groups excluding carboxylic acids is 3. The summed E-state index contributed by atoms with van der Waals surface area (Å²) in [6, 6.07) is 10.5. The van der Waals surface area contributed by atoms with E-state index < -0.39 is 0 Å². The number of likely N-dealkylation sites (N-methyl/N-ethyl adjacent to an activating group) is 1. The minimum absolute atomic E-state index is 0.0238. The SMILES string of the molecule is CCN1C(=O)CN(C(C)=O)Cc2ccc(Nc3ncc(Cl)c(Nc4c(Cl)cccc4C(=O)NC)n3)cc21. The van der Waals surface area contributed by atoms with Crippen molar-refractivity contribution in [3.8, 4) is 0 Å². The average molecular weight is 542 g/mol. The Bertz CT molecular complexity index is 1380. The number of amides is 3. The number of hydrogen-bond acceptors (Lipinski definition) is 7. The molecule has 1 aromatic heterocycles. The second-order valence-corrected chi connectivity index (χ2v) is 9.05. The molecule has 1 aliphatic heterocycles. The van der Waals surface area contributed by atoms with Crippen molar-refractivity contribution in [3.05, 3.63) is 63.8 Å². The molecule has 3 amide bonds. The van der Waals surface area contributed by atoms with Gasteiger partial charge in [-0.25, -0.2) is 4.98 Å². The fraction of sp³-hybridized carbons (Fsp3) is 0.240. The van der Waals surface area contributed by atoms with Gasteiger partial charge >= 0.3 is 0 Å². The van der Waals surface area contributed by atoms with Gasteiger partial charge in [0.05, 0.1) is 28.2 Å². The van der Waals surface area contributed by atoms with E-state index in [0.717, 1.165) is 5.56 Å². The highest BCUT2D eigenvalue weighted by Crippen LogP contribution is 2.33. The van der Waals surface area contributed by atoms with E-state index in [1.165, 1.54) is 25.1 Å². The van der Waals surface area contributed by atoms with Crippen molar-refractivity contribution in [3.63, 3.8) is 0 Å². The lowest BCUT2D eigenvalue weighted by Crippen LogP contribution is -2.39. The first kappa shape index (κ1) is 26.2. The number of nitrogens with one attached hydrogen (secondary N) is 3. The number of benzene rings is 2. The third-order valence-corrected chi connectivity index (χ3v) is 6.45.